The van der Waals surface area contributed by atoms with Crippen LogP contribution < -0.4 is 5.56 Å². The molecule has 0 spiro atoms. The van der Waals surface area contributed by atoms with Crippen LogP contribution >= 0.6 is 11.6 Å². The van der Waals surface area contributed by atoms with Crippen LogP contribution in [0.2, 0.25) is 5.02 Å². The summed E-state index contributed by atoms with van der Waals surface area (Å²) >= 11 is 6.16. The number of aromatic hydroxyl groups is 1. The molecule has 0 unspecified atom stereocenters. The third kappa shape index (κ3) is 5.89. The molecule has 0 saturated carbocycles. The fourth-order valence-electron chi connectivity index (χ4n) is 3.79. The van der Waals surface area contributed by atoms with Crippen molar-refractivity contribution < 1.29 is 14.6 Å². The molecule has 2 N–H and O–H groups in total. The third-order valence-corrected chi connectivity index (χ3v) is 5.76. The molecule has 0 atom stereocenters. The molecule has 2 aliphatic rings. The Kier molecular flexibility index (Phi) is 9.14. The number of hydrogen-bond acceptors (Lipinski definition) is 4. The number of H-pyrrole nitrogens is 1. The largest absolute Gasteiger partial charge is 0.506 e. The van der Waals surface area contributed by atoms with Gasteiger partial charge in [-0.15, -0.1) is 0 Å². The fraction of sp³-hybridized carbons (Fsp3) is 0.500. The van der Waals surface area contributed by atoms with Crippen molar-refractivity contribution in [3.8, 4) is 5.75 Å². The molecule has 2 aromatic rings. The summed E-state index contributed by atoms with van der Waals surface area (Å²) in [6, 6.07) is 3.47. The van der Waals surface area contributed by atoms with Crippen molar-refractivity contribution in [2.75, 3.05) is 19.8 Å². The maximum atomic E-state index is 12.9. The van der Waals surface area contributed by atoms with Gasteiger partial charge in [0, 0.05) is 31.0 Å². The highest BCUT2D eigenvalue weighted by molar-refractivity contribution is 6.35. The zero-order chi connectivity index (χ0) is 23.1. The minimum Gasteiger partial charge on any atom is -0.506 e. The predicted octanol–water partition coefficient (Wildman–Crippen LogP) is 4.68. The standard InChI is InChI=1S/C18H19ClN2O3.C4H8O.C2H6/c1-9-6-11(3)20-17(23)13(9)8-21-5-4-12-10(2)7-14(22)16(19)15(12)18(21)24;1-2-4-5-3-1;1-2/h6-7,22H,4-5,8H2,1-3H3,(H,20,23);1-4H2;1-2H3. The number of carbonyl (C=O) groups excluding carboxylic acids is 1. The highest BCUT2D eigenvalue weighted by Crippen LogP contribution is 2.36. The van der Waals surface area contributed by atoms with E-state index in [0.717, 1.165) is 35.6 Å². The van der Waals surface area contributed by atoms with Crippen molar-refractivity contribution in [1.82, 2.24) is 9.88 Å². The number of amides is 1. The molecule has 1 saturated heterocycles. The molecule has 3 heterocycles. The van der Waals surface area contributed by atoms with Gasteiger partial charge < -0.3 is 19.7 Å². The molecule has 4 rings (SSSR count). The Bertz CT molecular complexity index is 973. The van der Waals surface area contributed by atoms with Gasteiger partial charge in [-0.3, -0.25) is 9.59 Å². The van der Waals surface area contributed by atoms with Gasteiger partial charge in [0.15, 0.2) is 0 Å². The van der Waals surface area contributed by atoms with Crippen molar-refractivity contribution in [2.24, 2.45) is 0 Å². The summed E-state index contributed by atoms with van der Waals surface area (Å²) < 4.78 is 4.94. The topological polar surface area (TPSA) is 82.6 Å². The van der Waals surface area contributed by atoms with Crippen LogP contribution in [0.1, 0.15) is 65.0 Å². The van der Waals surface area contributed by atoms with Crippen LogP contribution in [0.3, 0.4) is 0 Å². The molecule has 170 valence electrons. The number of hydrogen-bond donors (Lipinski definition) is 2. The number of nitrogens with one attached hydrogen (secondary N) is 1. The molecule has 1 fully saturated rings. The minimum atomic E-state index is -0.250. The van der Waals surface area contributed by atoms with Crippen LogP contribution in [0.15, 0.2) is 16.9 Å². The average Bonchev–Trinajstić information content (AvgIpc) is 3.31. The van der Waals surface area contributed by atoms with E-state index in [4.69, 9.17) is 16.3 Å². The van der Waals surface area contributed by atoms with Crippen LogP contribution in [-0.4, -0.2) is 40.7 Å². The molecule has 6 nitrogen and oxygen atoms in total. The van der Waals surface area contributed by atoms with Crippen LogP contribution in [0.4, 0.5) is 0 Å². The fourth-order valence-corrected chi connectivity index (χ4v) is 4.04. The molecule has 1 aromatic carbocycles. The Balaban J connectivity index is 0.000000420. The van der Waals surface area contributed by atoms with Crippen LogP contribution in [0.5, 0.6) is 5.75 Å². The second kappa shape index (κ2) is 11.3. The number of carbonyl (C=O) groups is 1. The van der Waals surface area contributed by atoms with E-state index in [2.05, 4.69) is 4.98 Å². The van der Waals surface area contributed by atoms with Crippen molar-refractivity contribution in [3.63, 3.8) is 0 Å². The maximum Gasteiger partial charge on any atom is 0.256 e. The Hall–Kier alpha value is -2.31. The first-order chi connectivity index (χ1) is 14.8. The van der Waals surface area contributed by atoms with Crippen molar-refractivity contribution in [3.05, 3.63) is 61.0 Å². The van der Waals surface area contributed by atoms with E-state index in [1.165, 1.54) is 12.8 Å². The van der Waals surface area contributed by atoms with Gasteiger partial charge in [0.05, 0.1) is 17.1 Å². The molecule has 2 aliphatic heterocycles. The maximum absolute atomic E-state index is 12.9. The summed E-state index contributed by atoms with van der Waals surface area (Å²) in [5.41, 5.74) is 4.11. The smallest absolute Gasteiger partial charge is 0.256 e. The van der Waals surface area contributed by atoms with Crippen LogP contribution in [0, 0.1) is 20.8 Å². The van der Waals surface area contributed by atoms with Crippen LogP contribution in [0.25, 0.3) is 0 Å². The second-order valence-electron chi connectivity index (χ2n) is 7.62. The van der Waals surface area contributed by atoms with Crippen molar-refractivity contribution in [1.29, 1.82) is 0 Å². The van der Waals surface area contributed by atoms with Gasteiger partial charge in [-0.1, -0.05) is 25.4 Å². The molecule has 0 aliphatic carbocycles. The van der Waals surface area contributed by atoms with Gasteiger partial charge in [-0.05, 0) is 68.9 Å². The summed E-state index contributed by atoms with van der Waals surface area (Å²) in [6.07, 6.45) is 3.20. The number of nitrogens with zero attached hydrogens (tertiary/aromatic N) is 1. The lowest BCUT2D eigenvalue weighted by Gasteiger charge is -2.30. The molecule has 0 bridgehead atoms. The number of aromatic nitrogens is 1. The summed E-state index contributed by atoms with van der Waals surface area (Å²) in [5.74, 6) is -0.341. The van der Waals surface area contributed by atoms with Gasteiger partial charge in [0.2, 0.25) is 0 Å². The average molecular weight is 449 g/mol. The number of pyridine rings is 1. The van der Waals surface area contributed by atoms with E-state index in [1.807, 2.05) is 40.7 Å². The summed E-state index contributed by atoms with van der Waals surface area (Å²) in [7, 11) is 0. The zero-order valence-corrected chi connectivity index (χ0v) is 19.9. The van der Waals surface area contributed by atoms with Gasteiger partial charge in [-0.25, -0.2) is 0 Å². The number of aromatic amines is 1. The Morgan fingerprint density at radius 3 is 2.29 bits per heavy atom. The molecule has 1 amide bonds. The third-order valence-electron chi connectivity index (χ3n) is 5.38. The van der Waals surface area contributed by atoms with E-state index in [-0.39, 0.29) is 28.8 Å². The Morgan fingerprint density at radius 1 is 1.10 bits per heavy atom. The number of phenols is 1. The first-order valence-corrected chi connectivity index (χ1v) is 11.2. The van der Waals surface area contributed by atoms with Crippen LogP contribution in [-0.2, 0) is 17.7 Å². The normalized spacial score (nSPS) is 14.9. The first kappa shape index (κ1) is 25.0. The number of halogens is 1. The molecule has 1 aromatic heterocycles. The summed E-state index contributed by atoms with van der Waals surface area (Å²) in [5, 5.41) is 9.99. The molecular weight excluding hydrogens is 416 g/mol. The Labute approximate surface area is 189 Å². The van der Waals surface area contributed by atoms with E-state index >= 15 is 0 Å². The van der Waals surface area contributed by atoms with Gasteiger partial charge in [0.25, 0.3) is 11.5 Å². The predicted molar refractivity (Wildman–Crippen MR) is 124 cm³/mol. The lowest BCUT2D eigenvalue weighted by atomic mass is 9.93. The minimum absolute atomic E-state index is 0.0832. The van der Waals surface area contributed by atoms with Crippen molar-refractivity contribution >= 4 is 17.5 Å². The molecular formula is C24H33ClN2O4. The van der Waals surface area contributed by atoms with Gasteiger partial charge in [0.1, 0.15) is 5.75 Å². The second-order valence-corrected chi connectivity index (χ2v) is 8.00. The Morgan fingerprint density at radius 2 is 1.74 bits per heavy atom. The number of fused-ring (bicyclic) bond motifs is 1. The number of rotatable bonds is 2. The molecule has 31 heavy (non-hydrogen) atoms. The summed E-state index contributed by atoms with van der Waals surface area (Å²) in [4.78, 5) is 29.4. The monoisotopic (exact) mass is 448 g/mol. The van der Waals surface area contributed by atoms with E-state index in [0.29, 0.717) is 24.1 Å². The molecule has 0 radical (unpaired) electrons. The number of aryl methyl sites for hydroxylation is 3. The first-order valence-electron chi connectivity index (χ1n) is 10.9. The van der Waals surface area contributed by atoms with Gasteiger partial charge >= 0.3 is 0 Å². The zero-order valence-electron chi connectivity index (χ0n) is 19.1. The van der Waals surface area contributed by atoms with E-state index in [9.17, 15) is 14.7 Å². The van der Waals surface area contributed by atoms with E-state index in [1.54, 1.807) is 11.0 Å². The highest BCUT2D eigenvalue weighted by Gasteiger charge is 2.30. The number of phenolic OH excluding ortho intramolecular Hbond substituents is 1. The number of ether oxygens (including phenoxy) is 1. The highest BCUT2D eigenvalue weighted by atomic mass is 35.5. The lowest BCUT2D eigenvalue weighted by molar-refractivity contribution is 0.0725. The number of benzene rings is 1. The summed E-state index contributed by atoms with van der Waals surface area (Å²) in [6.45, 7) is 12.3. The molecule has 7 heteroatoms. The SMILES string of the molecule is C1CCOC1.CC.Cc1cc(C)c(CN2CCc3c(C)cc(O)c(Cl)c3C2=O)c(=O)[nH]1. The van der Waals surface area contributed by atoms with E-state index < -0.39 is 0 Å². The van der Waals surface area contributed by atoms with Gasteiger partial charge in [-0.2, -0.15) is 0 Å². The lowest BCUT2D eigenvalue weighted by Crippen LogP contribution is -2.39. The van der Waals surface area contributed by atoms with Crippen molar-refractivity contribution in [2.45, 2.75) is 60.4 Å². The quantitative estimate of drug-likeness (QED) is 0.698.